The number of anilines is 1. The molecule has 1 saturated carbocycles. The molecule has 2 aliphatic rings. The molecule has 1 heterocycles. The van der Waals surface area contributed by atoms with Crippen LogP contribution in [-0.4, -0.2) is 11.5 Å². The van der Waals surface area contributed by atoms with Gasteiger partial charge in [-0.2, -0.15) is 5.26 Å². The molecule has 2 aliphatic carbocycles. The maximum atomic E-state index is 9.30. The number of hydrogen-bond donors (Lipinski definition) is 1. The molecular formula is C17H23N3. The summed E-state index contributed by atoms with van der Waals surface area (Å²) in [6.45, 7) is 3.31. The smallest absolute Gasteiger partial charge is 0.144 e. The lowest BCUT2D eigenvalue weighted by Crippen LogP contribution is -2.21. The van der Waals surface area contributed by atoms with Gasteiger partial charge < -0.3 is 5.32 Å². The van der Waals surface area contributed by atoms with E-state index in [2.05, 4.69) is 18.3 Å². The minimum Gasteiger partial charge on any atom is -0.369 e. The van der Waals surface area contributed by atoms with E-state index < -0.39 is 0 Å². The first-order valence-electron chi connectivity index (χ1n) is 7.93. The summed E-state index contributed by atoms with van der Waals surface area (Å²) in [6, 6.07) is 4.34. The second-order valence-electron chi connectivity index (χ2n) is 6.47. The fourth-order valence-electron chi connectivity index (χ4n) is 3.68. The van der Waals surface area contributed by atoms with Crippen molar-refractivity contribution in [2.45, 2.75) is 51.9 Å². The van der Waals surface area contributed by atoms with Crippen LogP contribution in [0.3, 0.4) is 0 Å². The molecular weight excluding hydrogens is 246 g/mol. The Bertz CT molecular complexity index is 530. The SMILES string of the molecule is CC1CCCC(CNc2nc3c(cc2C#N)CCC3)C1. The molecule has 3 nitrogen and oxygen atoms in total. The maximum absolute atomic E-state index is 9.30. The Kier molecular flexibility index (Phi) is 3.91. The summed E-state index contributed by atoms with van der Waals surface area (Å²) in [5.74, 6) is 2.39. The van der Waals surface area contributed by atoms with Gasteiger partial charge in [0.15, 0.2) is 0 Å². The molecule has 1 fully saturated rings. The van der Waals surface area contributed by atoms with Crippen LogP contribution in [0.4, 0.5) is 5.82 Å². The zero-order chi connectivity index (χ0) is 13.9. The third-order valence-corrected chi connectivity index (χ3v) is 4.77. The highest BCUT2D eigenvalue weighted by atomic mass is 15.0. The third-order valence-electron chi connectivity index (χ3n) is 4.77. The van der Waals surface area contributed by atoms with Crippen LogP contribution >= 0.6 is 0 Å². The van der Waals surface area contributed by atoms with Crippen LogP contribution in [0.2, 0.25) is 0 Å². The molecule has 2 unspecified atom stereocenters. The molecule has 0 aliphatic heterocycles. The Morgan fingerprint density at radius 2 is 2.25 bits per heavy atom. The molecule has 0 bridgehead atoms. The second-order valence-corrected chi connectivity index (χ2v) is 6.47. The molecule has 0 radical (unpaired) electrons. The summed E-state index contributed by atoms with van der Waals surface area (Å²) in [7, 11) is 0. The molecule has 20 heavy (non-hydrogen) atoms. The van der Waals surface area contributed by atoms with Gasteiger partial charge >= 0.3 is 0 Å². The number of hydrogen-bond acceptors (Lipinski definition) is 3. The Hall–Kier alpha value is -1.56. The summed E-state index contributed by atoms with van der Waals surface area (Å²) in [4.78, 5) is 4.69. The van der Waals surface area contributed by atoms with Crippen molar-refractivity contribution in [2.24, 2.45) is 11.8 Å². The number of nitriles is 1. The summed E-state index contributed by atoms with van der Waals surface area (Å²) in [5, 5.41) is 12.7. The molecule has 1 N–H and O–H groups in total. The number of fused-ring (bicyclic) bond motifs is 1. The van der Waals surface area contributed by atoms with E-state index in [4.69, 9.17) is 4.98 Å². The van der Waals surface area contributed by atoms with Crippen LogP contribution in [0.5, 0.6) is 0 Å². The molecule has 3 rings (SSSR count). The first-order chi connectivity index (χ1) is 9.76. The average Bonchev–Trinajstić information content (AvgIpc) is 2.91. The summed E-state index contributed by atoms with van der Waals surface area (Å²) >= 11 is 0. The van der Waals surface area contributed by atoms with E-state index in [1.165, 1.54) is 43.4 Å². The predicted octanol–water partition coefficient (Wildman–Crippen LogP) is 3.68. The van der Waals surface area contributed by atoms with E-state index in [9.17, 15) is 5.26 Å². The number of pyridine rings is 1. The van der Waals surface area contributed by atoms with Crippen LogP contribution in [0.25, 0.3) is 0 Å². The normalized spacial score (nSPS) is 25.0. The van der Waals surface area contributed by atoms with Gasteiger partial charge in [0.2, 0.25) is 0 Å². The van der Waals surface area contributed by atoms with Crippen molar-refractivity contribution in [3.05, 3.63) is 22.9 Å². The van der Waals surface area contributed by atoms with Gasteiger partial charge in [0.25, 0.3) is 0 Å². The number of nitrogens with one attached hydrogen (secondary N) is 1. The van der Waals surface area contributed by atoms with E-state index >= 15 is 0 Å². The molecule has 106 valence electrons. The van der Waals surface area contributed by atoms with Gasteiger partial charge in [-0.05, 0) is 55.6 Å². The van der Waals surface area contributed by atoms with Crippen LogP contribution in [0, 0.1) is 23.2 Å². The highest BCUT2D eigenvalue weighted by Gasteiger charge is 2.20. The van der Waals surface area contributed by atoms with Gasteiger partial charge in [0.05, 0.1) is 5.56 Å². The van der Waals surface area contributed by atoms with Crippen molar-refractivity contribution in [1.29, 1.82) is 5.26 Å². The van der Waals surface area contributed by atoms with Crippen LogP contribution in [0.15, 0.2) is 6.07 Å². The van der Waals surface area contributed by atoms with Gasteiger partial charge in [0, 0.05) is 12.2 Å². The molecule has 1 aromatic heterocycles. The van der Waals surface area contributed by atoms with E-state index in [1.807, 2.05) is 6.07 Å². The lowest BCUT2D eigenvalue weighted by Gasteiger charge is -2.27. The molecule has 1 aromatic rings. The van der Waals surface area contributed by atoms with Crippen molar-refractivity contribution >= 4 is 5.82 Å². The van der Waals surface area contributed by atoms with Gasteiger partial charge in [-0.25, -0.2) is 4.98 Å². The zero-order valence-corrected chi connectivity index (χ0v) is 12.3. The van der Waals surface area contributed by atoms with Gasteiger partial charge in [-0.3, -0.25) is 0 Å². The maximum Gasteiger partial charge on any atom is 0.144 e. The first kappa shape index (κ1) is 13.4. The Morgan fingerprint density at radius 1 is 1.35 bits per heavy atom. The van der Waals surface area contributed by atoms with Gasteiger partial charge in [0.1, 0.15) is 11.9 Å². The lowest BCUT2D eigenvalue weighted by atomic mass is 9.82. The zero-order valence-electron chi connectivity index (χ0n) is 12.3. The lowest BCUT2D eigenvalue weighted by molar-refractivity contribution is 0.293. The quantitative estimate of drug-likeness (QED) is 0.910. The highest BCUT2D eigenvalue weighted by Crippen LogP contribution is 2.29. The van der Waals surface area contributed by atoms with Crippen LogP contribution < -0.4 is 5.32 Å². The summed E-state index contributed by atoms with van der Waals surface area (Å²) < 4.78 is 0. The van der Waals surface area contributed by atoms with Crippen molar-refractivity contribution in [3.63, 3.8) is 0 Å². The topological polar surface area (TPSA) is 48.7 Å². The predicted molar refractivity (Wildman–Crippen MR) is 80.6 cm³/mol. The Morgan fingerprint density at radius 3 is 3.05 bits per heavy atom. The molecule has 2 atom stereocenters. The molecule has 0 spiro atoms. The van der Waals surface area contributed by atoms with Gasteiger partial charge in [-0.15, -0.1) is 0 Å². The standard InChI is InChI=1S/C17H23N3/c1-12-4-2-5-13(8-12)11-19-17-15(10-18)9-14-6-3-7-16(14)20-17/h9,12-13H,2-8,11H2,1H3,(H,19,20). The van der Waals surface area contributed by atoms with E-state index in [-0.39, 0.29) is 0 Å². The van der Waals surface area contributed by atoms with Crippen LogP contribution in [0.1, 0.15) is 55.8 Å². The van der Waals surface area contributed by atoms with E-state index in [0.29, 0.717) is 0 Å². The largest absolute Gasteiger partial charge is 0.369 e. The van der Waals surface area contributed by atoms with Crippen molar-refractivity contribution in [2.75, 3.05) is 11.9 Å². The molecule has 3 heteroatoms. The van der Waals surface area contributed by atoms with Crippen molar-refractivity contribution < 1.29 is 0 Å². The monoisotopic (exact) mass is 269 g/mol. The Balaban J connectivity index is 1.69. The minimum absolute atomic E-state index is 0.717. The molecule has 0 amide bonds. The molecule has 0 aromatic carbocycles. The van der Waals surface area contributed by atoms with E-state index in [0.717, 1.165) is 42.6 Å². The fourth-order valence-corrected chi connectivity index (χ4v) is 3.68. The minimum atomic E-state index is 0.717. The van der Waals surface area contributed by atoms with Crippen molar-refractivity contribution in [3.8, 4) is 6.07 Å². The average molecular weight is 269 g/mol. The number of rotatable bonds is 3. The van der Waals surface area contributed by atoms with Crippen LogP contribution in [-0.2, 0) is 12.8 Å². The second kappa shape index (κ2) is 5.83. The first-order valence-corrected chi connectivity index (χ1v) is 7.93. The van der Waals surface area contributed by atoms with Crippen molar-refractivity contribution in [1.82, 2.24) is 4.98 Å². The summed E-state index contributed by atoms with van der Waals surface area (Å²) in [5.41, 5.74) is 3.19. The van der Waals surface area contributed by atoms with E-state index in [1.54, 1.807) is 0 Å². The highest BCUT2D eigenvalue weighted by molar-refractivity contribution is 5.55. The number of aryl methyl sites for hydroxylation is 2. The van der Waals surface area contributed by atoms with Gasteiger partial charge in [-0.1, -0.05) is 19.8 Å². The number of nitrogens with zero attached hydrogens (tertiary/aromatic N) is 2. The third kappa shape index (κ3) is 2.80. The Labute approximate surface area is 121 Å². The summed E-state index contributed by atoms with van der Waals surface area (Å²) in [6.07, 6.45) is 8.65. The fraction of sp³-hybridized carbons (Fsp3) is 0.647. The molecule has 0 saturated heterocycles. The number of aromatic nitrogens is 1.